The number of benzene rings is 2. The van der Waals surface area contributed by atoms with Gasteiger partial charge < -0.3 is 25.0 Å². The van der Waals surface area contributed by atoms with Crippen LogP contribution in [0.2, 0.25) is 0 Å². The lowest BCUT2D eigenvalue weighted by atomic mass is 10.00. The number of carbonyl (C=O) groups is 3. The standard InChI is InChI=1S/C28H36BrN3O5/c1-7-25(33)30-19(4)28(35)32(16-18(2)3)17-24(36-5)26(37-6)22-13-8-9-14-23(22)31-27(34)20-11-10-12-21(29)15-20/h7-15,18-19,24,26H,1,16-17H2,2-6H3,(H,30,33)(H,31,34)/t19-,24+,26+/m0/s1. The smallest absolute Gasteiger partial charge is 0.255 e. The van der Waals surface area contributed by atoms with Gasteiger partial charge in [-0.15, -0.1) is 0 Å². The summed E-state index contributed by atoms with van der Waals surface area (Å²) in [6.07, 6.45) is -0.0158. The van der Waals surface area contributed by atoms with Crippen molar-refractivity contribution in [3.8, 4) is 0 Å². The number of carbonyl (C=O) groups excluding carboxylic acids is 3. The number of nitrogens with one attached hydrogen (secondary N) is 2. The van der Waals surface area contributed by atoms with Gasteiger partial charge in [0.1, 0.15) is 18.2 Å². The first-order valence-corrected chi connectivity index (χ1v) is 12.8. The number of halogens is 1. The number of amides is 3. The molecule has 0 bridgehead atoms. The van der Waals surface area contributed by atoms with Gasteiger partial charge in [0.15, 0.2) is 0 Å². The molecular weight excluding hydrogens is 538 g/mol. The Balaban J connectivity index is 2.32. The van der Waals surface area contributed by atoms with Crippen LogP contribution >= 0.6 is 15.9 Å². The van der Waals surface area contributed by atoms with E-state index in [4.69, 9.17) is 9.47 Å². The quantitative estimate of drug-likeness (QED) is 0.342. The van der Waals surface area contributed by atoms with E-state index in [1.807, 2.05) is 38.1 Å². The van der Waals surface area contributed by atoms with E-state index >= 15 is 0 Å². The molecule has 0 fully saturated rings. The third-order valence-corrected chi connectivity index (χ3v) is 6.20. The zero-order valence-electron chi connectivity index (χ0n) is 22.0. The maximum atomic E-state index is 13.2. The molecular formula is C28H36BrN3O5. The van der Waals surface area contributed by atoms with Gasteiger partial charge in [0.05, 0.1) is 0 Å². The van der Waals surface area contributed by atoms with Crippen LogP contribution in [-0.2, 0) is 19.1 Å². The van der Waals surface area contributed by atoms with Crippen LogP contribution in [0.5, 0.6) is 0 Å². The predicted molar refractivity (Wildman–Crippen MR) is 148 cm³/mol. The molecule has 8 nitrogen and oxygen atoms in total. The summed E-state index contributed by atoms with van der Waals surface area (Å²) in [7, 11) is 3.12. The Bertz CT molecular complexity index is 1090. The minimum Gasteiger partial charge on any atom is -0.377 e. The first kappa shape index (κ1) is 30.2. The molecule has 2 aromatic rings. The summed E-state index contributed by atoms with van der Waals surface area (Å²) in [6.45, 7) is 9.78. The Labute approximate surface area is 227 Å². The second kappa shape index (κ2) is 14.7. The fourth-order valence-electron chi connectivity index (χ4n) is 3.98. The summed E-state index contributed by atoms with van der Waals surface area (Å²) in [6, 6.07) is 13.7. The summed E-state index contributed by atoms with van der Waals surface area (Å²) >= 11 is 3.40. The number of nitrogens with zero attached hydrogens (tertiary/aromatic N) is 1. The van der Waals surface area contributed by atoms with E-state index in [1.165, 1.54) is 0 Å². The molecule has 0 spiro atoms. The Hall–Kier alpha value is -3.01. The van der Waals surface area contributed by atoms with Crippen molar-refractivity contribution in [1.82, 2.24) is 10.2 Å². The number of rotatable bonds is 13. The fourth-order valence-corrected chi connectivity index (χ4v) is 4.38. The van der Waals surface area contributed by atoms with Crippen molar-refractivity contribution < 1.29 is 23.9 Å². The van der Waals surface area contributed by atoms with Crippen LogP contribution in [0.25, 0.3) is 0 Å². The first-order valence-electron chi connectivity index (χ1n) is 12.0. The molecule has 0 saturated carbocycles. The van der Waals surface area contributed by atoms with E-state index in [-0.39, 0.29) is 24.3 Å². The van der Waals surface area contributed by atoms with E-state index < -0.39 is 24.2 Å². The molecule has 0 aromatic heterocycles. The van der Waals surface area contributed by atoms with Gasteiger partial charge >= 0.3 is 0 Å². The molecule has 0 radical (unpaired) electrons. The maximum Gasteiger partial charge on any atom is 0.255 e. The molecule has 200 valence electrons. The third-order valence-electron chi connectivity index (χ3n) is 5.71. The molecule has 2 N–H and O–H groups in total. The van der Waals surface area contributed by atoms with Crippen molar-refractivity contribution >= 4 is 39.3 Å². The molecule has 0 heterocycles. The van der Waals surface area contributed by atoms with E-state index in [0.29, 0.717) is 23.4 Å². The van der Waals surface area contributed by atoms with Crippen molar-refractivity contribution in [2.45, 2.75) is 39.0 Å². The lowest BCUT2D eigenvalue weighted by molar-refractivity contribution is -0.139. The predicted octanol–water partition coefficient (Wildman–Crippen LogP) is 4.58. The largest absolute Gasteiger partial charge is 0.377 e. The molecule has 2 aromatic carbocycles. The molecule has 37 heavy (non-hydrogen) atoms. The van der Waals surface area contributed by atoms with Crippen LogP contribution in [-0.4, -0.2) is 62.1 Å². The number of hydrogen-bond acceptors (Lipinski definition) is 5. The SMILES string of the molecule is C=CC(=O)N[C@@H](C)C(=O)N(CC(C)C)C[C@@H](OC)[C@H](OC)c1ccccc1NC(=O)c1cccc(Br)c1. The van der Waals surface area contributed by atoms with Gasteiger partial charge in [-0.3, -0.25) is 14.4 Å². The van der Waals surface area contributed by atoms with Crippen molar-refractivity contribution in [2.75, 3.05) is 32.6 Å². The molecule has 9 heteroatoms. The highest BCUT2D eigenvalue weighted by molar-refractivity contribution is 9.10. The fraction of sp³-hybridized carbons (Fsp3) is 0.393. The first-order chi connectivity index (χ1) is 17.6. The van der Waals surface area contributed by atoms with Crippen LogP contribution < -0.4 is 10.6 Å². The van der Waals surface area contributed by atoms with E-state index in [9.17, 15) is 14.4 Å². The summed E-state index contributed by atoms with van der Waals surface area (Å²) in [5.74, 6) is -0.738. The highest BCUT2D eigenvalue weighted by Crippen LogP contribution is 2.30. The second-order valence-electron chi connectivity index (χ2n) is 9.05. The zero-order valence-corrected chi connectivity index (χ0v) is 23.6. The normalized spacial score (nSPS) is 13.4. The molecule has 0 aliphatic carbocycles. The monoisotopic (exact) mass is 573 g/mol. The number of para-hydroxylation sites is 1. The van der Waals surface area contributed by atoms with E-state index in [2.05, 4.69) is 33.1 Å². The van der Waals surface area contributed by atoms with Gasteiger partial charge in [-0.05, 0) is 43.2 Å². The molecule has 0 aliphatic rings. The van der Waals surface area contributed by atoms with E-state index in [1.54, 1.807) is 50.3 Å². The highest BCUT2D eigenvalue weighted by Gasteiger charge is 2.31. The van der Waals surface area contributed by atoms with Crippen LogP contribution in [0.4, 0.5) is 5.69 Å². The minimum absolute atomic E-state index is 0.182. The maximum absolute atomic E-state index is 13.2. The molecule has 3 atom stereocenters. The van der Waals surface area contributed by atoms with Crippen LogP contribution in [0.15, 0.2) is 65.7 Å². The van der Waals surface area contributed by atoms with Gasteiger partial charge in [-0.2, -0.15) is 0 Å². The second-order valence-corrected chi connectivity index (χ2v) is 9.97. The van der Waals surface area contributed by atoms with Crippen molar-refractivity contribution in [3.05, 3.63) is 76.8 Å². The lowest BCUT2D eigenvalue weighted by Crippen LogP contribution is -2.50. The van der Waals surface area contributed by atoms with E-state index in [0.717, 1.165) is 10.5 Å². The Morgan fingerprint density at radius 2 is 1.73 bits per heavy atom. The van der Waals surface area contributed by atoms with Gasteiger partial charge in [0, 0.05) is 48.6 Å². The Kier molecular flexibility index (Phi) is 12.0. The average molecular weight is 575 g/mol. The molecule has 0 aliphatic heterocycles. The molecule has 3 amide bonds. The molecule has 0 saturated heterocycles. The minimum atomic E-state index is -0.737. The summed E-state index contributed by atoms with van der Waals surface area (Å²) in [5, 5.41) is 5.60. The Morgan fingerprint density at radius 1 is 1.03 bits per heavy atom. The number of methoxy groups -OCH3 is 2. The molecule has 2 rings (SSSR count). The van der Waals surface area contributed by atoms with Crippen molar-refractivity contribution in [3.63, 3.8) is 0 Å². The number of anilines is 1. The topological polar surface area (TPSA) is 97.0 Å². The summed E-state index contributed by atoms with van der Waals surface area (Å²) in [4.78, 5) is 39.6. The van der Waals surface area contributed by atoms with Crippen LogP contribution in [0.3, 0.4) is 0 Å². The van der Waals surface area contributed by atoms with Gasteiger partial charge in [-0.25, -0.2) is 0 Å². The number of hydrogen-bond donors (Lipinski definition) is 2. The number of ether oxygens (including phenoxy) is 2. The lowest BCUT2D eigenvalue weighted by Gasteiger charge is -2.34. The van der Waals surface area contributed by atoms with Crippen molar-refractivity contribution in [1.29, 1.82) is 0 Å². The third kappa shape index (κ3) is 8.80. The van der Waals surface area contributed by atoms with Gasteiger partial charge in [-0.1, -0.05) is 60.6 Å². The van der Waals surface area contributed by atoms with Crippen LogP contribution in [0, 0.1) is 5.92 Å². The zero-order chi connectivity index (χ0) is 27.5. The van der Waals surface area contributed by atoms with Crippen LogP contribution in [0.1, 0.15) is 42.8 Å². The van der Waals surface area contributed by atoms with Gasteiger partial charge in [0.25, 0.3) is 5.91 Å². The Morgan fingerprint density at radius 3 is 2.32 bits per heavy atom. The van der Waals surface area contributed by atoms with Gasteiger partial charge in [0.2, 0.25) is 11.8 Å². The van der Waals surface area contributed by atoms with Crippen molar-refractivity contribution in [2.24, 2.45) is 5.92 Å². The summed E-state index contributed by atoms with van der Waals surface area (Å²) < 4.78 is 12.5. The highest BCUT2D eigenvalue weighted by atomic mass is 79.9. The molecule has 0 unspecified atom stereocenters. The average Bonchev–Trinajstić information content (AvgIpc) is 2.87. The summed E-state index contributed by atoms with van der Waals surface area (Å²) in [5.41, 5.74) is 1.80.